The second kappa shape index (κ2) is 7.03. The van der Waals surface area contributed by atoms with Crippen molar-refractivity contribution in [3.63, 3.8) is 0 Å². The maximum absolute atomic E-state index is 4.83. The Morgan fingerprint density at radius 2 is 1.59 bits per heavy atom. The number of aryl methyl sites for hydroxylation is 4. The van der Waals surface area contributed by atoms with Crippen molar-refractivity contribution in [1.82, 2.24) is 9.97 Å². The molecule has 4 nitrogen and oxygen atoms in total. The molecule has 0 fully saturated rings. The molecule has 1 N–H and O–H groups in total. The molecule has 1 aliphatic rings. The van der Waals surface area contributed by atoms with Crippen LogP contribution in [0, 0.1) is 27.7 Å². The van der Waals surface area contributed by atoms with Crippen LogP contribution in [0.1, 0.15) is 33.5 Å². The Kier molecular flexibility index (Phi) is 4.56. The summed E-state index contributed by atoms with van der Waals surface area (Å²) in [6, 6.07) is 15.1. The topological polar surface area (TPSA) is 41.1 Å². The molecule has 0 saturated carbocycles. The molecule has 0 unspecified atom stereocenters. The smallest absolute Gasteiger partial charge is 0.229 e. The van der Waals surface area contributed by atoms with Gasteiger partial charge in [0.1, 0.15) is 5.82 Å². The minimum absolute atomic E-state index is 0.666. The Morgan fingerprint density at radius 1 is 0.889 bits per heavy atom. The zero-order valence-corrected chi connectivity index (χ0v) is 16.5. The van der Waals surface area contributed by atoms with E-state index < -0.39 is 0 Å². The fraction of sp³-hybridized carbons (Fsp3) is 0.304. The van der Waals surface area contributed by atoms with Gasteiger partial charge in [0.05, 0.1) is 0 Å². The van der Waals surface area contributed by atoms with Crippen LogP contribution in [0.5, 0.6) is 0 Å². The van der Waals surface area contributed by atoms with Crippen molar-refractivity contribution in [1.29, 1.82) is 0 Å². The summed E-state index contributed by atoms with van der Waals surface area (Å²) in [6.45, 7) is 10.3. The lowest BCUT2D eigenvalue weighted by Crippen LogP contribution is -2.31. The lowest BCUT2D eigenvalue weighted by atomic mass is 10.00. The number of rotatable bonds is 3. The van der Waals surface area contributed by atoms with Crippen LogP contribution in [0.15, 0.2) is 42.5 Å². The summed E-state index contributed by atoms with van der Waals surface area (Å²) >= 11 is 0. The van der Waals surface area contributed by atoms with Gasteiger partial charge in [0.25, 0.3) is 0 Å². The van der Waals surface area contributed by atoms with Crippen LogP contribution < -0.4 is 10.2 Å². The first-order chi connectivity index (χ1) is 13.0. The zero-order valence-electron chi connectivity index (χ0n) is 16.5. The highest BCUT2D eigenvalue weighted by molar-refractivity contribution is 5.64. The zero-order chi connectivity index (χ0) is 19.0. The van der Waals surface area contributed by atoms with Gasteiger partial charge in [0.15, 0.2) is 0 Å². The van der Waals surface area contributed by atoms with Crippen LogP contribution >= 0.6 is 0 Å². The number of hydrogen-bond acceptors (Lipinski definition) is 4. The Hall–Kier alpha value is -2.88. The molecule has 4 heteroatoms. The van der Waals surface area contributed by atoms with Gasteiger partial charge in [-0.3, -0.25) is 0 Å². The van der Waals surface area contributed by atoms with Gasteiger partial charge >= 0.3 is 0 Å². The highest BCUT2D eigenvalue weighted by atomic mass is 15.2. The second-order valence-electron chi connectivity index (χ2n) is 7.53. The van der Waals surface area contributed by atoms with Gasteiger partial charge in [-0.05, 0) is 56.4 Å². The van der Waals surface area contributed by atoms with Gasteiger partial charge in [-0.1, -0.05) is 42.0 Å². The van der Waals surface area contributed by atoms with Crippen molar-refractivity contribution < 1.29 is 0 Å². The summed E-state index contributed by atoms with van der Waals surface area (Å²) in [4.78, 5) is 11.8. The van der Waals surface area contributed by atoms with Crippen molar-refractivity contribution in [2.45, 2.75) is 40.7 Å². The van der Waals surface area contributed by atoms with Gasteiger partial charge in [-0.15, -0.1) is 0 Å². The third-order valence-electron chi connectivity index (χ3n) is 5.21. The van der Waals surface area contributed by atoms with E-state index in [-0.39, 0.29) is 0 Å². The lowest BCUT2D eigenvalue weighted by Gasteiger charge is -2.30. The van der Waals surface area contributed by atoms with E-state index in [1.54, 1.807) is 0 Å². The van der Waals surface area contributed by atoms with Crippen molar-refractivity contribution in [2.75, 3.05) is 16.8 Å². The number of hydrogen-bond donors (Lipinski definition) is 1. The minimum Gasteiger partial charge on any atom is -0.352 e. The summed E-state index contributed by atoms with van der Waals surface area (Å²) in [5.74, 6) is 1.65. The molecule has 1 aromatic heterocycles. The van der Waals surface area contributed by atoms with Crippen molar-refractivity contribution in [3.05, 3.63) is 76.0 Å². The molecule has 138 valence electrons. The van der Waals surface area contributed by atoms with Crippen molar-refractivity contribution in [3.8, 4) is 0 Å². The van der Waals surface area contributed by atoms with E-state index in [2.05, 4.69) is 78.4 Å². The molecule has 3 aromatic rings. The minimum atomic E-state index is 0.666. The van der Waals surface area contributed by atoms with Gasteiger partial charge in [-0.2, -0.15) is 4.98 Å². The number of benzene rings is 2. The highest BCUT2D eigenvalue weighted by Gasteiger charge is 2.18. The average Bonchev–Trinajstić information content (AvgIpc) is 2.64. The molecular weight excluding hydrogens is 332 g/mol. The molecule has 1 aliphatic heterocycles. The van der Waals surface area contributed by atoms with Crippen LogP contribution in [-0.2, 0) is 13.0 Å². The number of fused-ring (bicyclic) bond motifs is 1. The molecule has 0 amide bonds. The number of anilines is 3. The third-order valence-corrected chi connectivity index (χ3v) is 5.21. The van der Waals surface area contributed by atoms with Crippen molar-refractivity contribution >= 4 is 17.5 Å². The molecule has 0 saturated heterocycles. The lowest BCUT2D eigenvalue weighted by molar-refractivity contribution is 0.719. The summed E-state index contributed by atoms with van der Waals surface area (Å²) in [6.07, 6.45) is 1.05. The van der Waals surface area contributed by atoms with E-state index in [1.807, 2.05) is 6.92 Å². The summed E-state index contributed by atoms with van der Waals surface area (Å²) in [5, 5.41) is 3.46. The van der Waals surface area contributed by atoms with Gasteiger partial charge in [0, 0.05) is 30.5 Å². The SMILES string of the molecule is Cc1cc(C)c(Nc2nc(C)cc(N3CCc4ccccc4C3)n2)c(C)c1. The summed E-state index contributed by atoms with van der Waals surface area (Å²) < 4.78 is 0. The van der Waals surface area contributed by atoms with E-state index in [4.69, 9.17) is 4.98 Å². The fourth-order valence-corrected chi connectivity index (χ4v) is 3.95. The van der Waals surface area contributed by atoms with Crippen LogP contribution in [0.3, 0.4) is 0 Å². The Morgan fingerprint density at radius 3 is 2.33 bits per heavy atom. The molecular formula is C23H26N4. The first-order valence-electron chi connectivity index (χ1n) is 9.52. The van der Waals surface area contributed by atoms with Crippen molar-refractivity contribution in [2.24, 2.45) is 0 Å². The van der Waals surface area contributed by atoms with Gasteiger partial charge in [0.2, 0.25) is 5.95 Å². The Balaban J connectivity index is 1.63. The largest absolute Gasteiger partial charge is 0.352 e. The van der Waals surface area contributed by atoms with Crippen LogP contribution in [0.25, 0.3) is 0 Å². The third kappa shape index (κ3) is 3.65. The molecule has 2 heterocycles. The van der Waals surface area contributed by atoms with E-state index >= 15 is 0 Å². The molecule has 0 atom stereocenters. The number of aromatic nitrogens is 2. The average molecular weight is 358 g/mol. The second-order valence-corrected chi connectivity index (χ2v) is 7.53. The maximum Gasteiger partial charge on any atom is 0.229 e. The van der Waals surface area contributed by atoms with Gasteiger partial charge in [-0.25, -0.2) is 4.98 Å². The summed E-state index contributed by atoms with van der Waals surface area (Å²) in [5.41, 5.74) is 8.61. The van der Waals surface area contributed by atoms with Gasteiger partial charge < -0.3 is 10.2 Å². The maximum atomic E-state index is 4.83. The number of nitrogens with zero attached hydrogens (tertiary/aromatic N) is 3. The van der Waals surface area contributed by atoms with E-state index in [1.165, 1.54) is 27.8 Å². The van der Waals surface area contributed by atoms with Crippen LogP contribution in [0.2, 0.25) is 0 Å². The molecule has 27 heavy (non-hydrogen) atoms. The molecule has 0 aliphatic carbocycles. The summed E-state index contributed by atoms with van der Waals surface area (Å²) in [7, 11) is 0. The standard InChI is InChI=1S/C23H26N4/c1-15-11-16(2)22(17(3)12-15)26-23-24-18(4)13-21(25-23)27-10-9-19-7-5-6-8-20(19)14-27/h5-8,11-13H,9-10,14H2,1-4H3,(H,24,25,26). The number of nitrogens with one attached hydrogen (secondary N) is 1. The monoisotopic (exact) mass is 358 g/mol. The highest BCUT2D eigenvalue weighted by Crippen LogP contribution is 2.27. The molecule has 0 radical (unpaired) electrons. The first-order valence-corrected chi connectivity index (χ1v) is 9.52. The predicted octanol–water partition coefficient (Wildman–Crippen LogP) is 5.02. The quantitative estimate of drug-likeness (QED) is 0.714. The van der Waals surface area contributed by atoms with Crippen LogP contribution in [0.4, 0.5) is 17.5 Å². The molecule has 2 aromatic carbocycles. The Bertz CT molecular complexity index is 970. The molecule has 0 bridgehead atoms. The predicted molar refractivity (Wildman–Crippen MR) is 112 cm³/mol. The Labute approximate surface area is 161 Å². The normalized spacial score (nSPS) is 13.4. The molecule has 0 spiro atoms. The van der Waals surface area contributed by atoms with E-state index in [0.29, 0.717) is 5.95 Å². The van der Waals surface area contributed by atoms with E-state index in [9.17, 15) is 0 Å². The first kappa shape index (κ1) is 17.5. The van der Waals surface area contributed by atoms with E-state index in [0.717, 1.165) is 36.7 Å². The fourth-order valence-electron chi connectivity index (χ4n) is 3.95. The molecule has 4 rings (SSSR count). The van der Waals surface area contributed by atoms with Crippen LogP contribution in [-0.4, -0.2) is 16.5 Å².